The molecule has 2 saturated heterocycles. The Morgan fingerprint density at radius 1 is 1.00 bits per heavy atom. The number of rotatable bonds is 6. The number of hydrogen-bond donors (Lipinski definition) is 1. The molecule has 0 bridgehead atoms. The van der Waals surface area contributed by atoms with Crippen LogP contribution in [0.5, 0.6) is 0 Å². The van der Waals surface area contributed by atoms with Crippen LogP contribution in [0.4, 0.5) is 10.7 Å². The van der Waals surface area contributed by atoms with Crippen LogP contribution in [0.15, 0.2) is 54.6 Å². The Bertz CT molecular complexity index is 1050. The summed E-state index contributed by atoms with van der Waals surface area (Å²) in [4.78, 5) is 25.3. The number of amides is 1. The number of piperazine rings is 1. The molecule has 32 heavy (non-hydrogen) atoms. The number of carbonyl (C=O) groups is 1. The molecule has 0 atom stereocenters. The summed E-state index contributed by atoms with van der Waals surface area (Å²) >= 11 is 0. The predicted molar refractivity (Wildman–Crippen MR) is 128 cm³/mol. The van der Waals surface area contributed by atoms with Gasteiger partial charge >= 0.3 is 6.03 Å². The molecule has 1 N–H and O–H groups in total. The zero-order valence-corrected chi connectivity index (χ0v) is 18.8. The maximum Gasteiger partial charge on any atom is 0.328 e. The van der Waals surface area contributed by atoms with Crippen molar-refractivity contribution >= 4 is 23.0 Å². The molecule has 7 nitrogen and oxygen atoms in total. The summed E-state index contributed by atoms with van der Waals surface area (Å²) < 4.78 is 1.77. The molecule has 2 aliphatic rings. The van der Waals surface area contributed by atoms with E-state index < -0.39 is 0 Å². The third-order valence-electron chi connectivity index (χ3n) is 6.67. The van der Waals surface area contributed by atoms with E-state index in [9.17, 15) is 4.79 Å². The number of aromatic nitrogens is 2. The van der Waals surface area contributed by atoms with Gasteiger partial charge < -0.3 is 15.1 Å². The number of hydrogen-bond acceptors (Lipinski definition) is 5. The van der Waals surface area contributed by atoms with Gasteiger partial charge in [-0.1, -0.05) is 42.5 Å². The van der Waals surface area contributed by atoms with Gasteiger partial charge in [-0.15, -0.1) is 0 Å². The molecule has 2 fully saturated rings. The molecule has 1 aromatic heterocycles. The van der Waals surface area contributed by atoms with Crippen molar-refractivity contribution in [2.24, 2.45) is 0 Å². The minimum absolute atomic E-state index is 0.0928. The second-order valence-electron chi connectivity index (χ2n) is 8.96. The molecule has 0 spiro atoms. The minimum atomic E-state index is -0.0928. The second-order valence-corrected chi connectivity index (χ2v) is 8.96. The maximum atomic E-state index is 13.2. The molecule has 1 amide bonds. The number of imidazole rings is 1. The summed E-state index contributed by atoms with van der Waals surface area (Å²) in [5.74, 6) is 0.761. The van der Waals surface area contributed by atoms with E-state index in [0.717, 1.165) is 69.1 Å². The van der Waals surface area contributed by atoms with E-state index in [1.165, 1.54) is 5.56 Å². The molecule has 168 valence electrons. The van der Waals surface area contributed by atoms with E-state index >= 15 is 0 Å². The summed E-state index contributed by atoms with van der Waals surface area (Å²) in [6.07, 6.45) is 1.86. The molecule has 3 aromatic rings. The molecule has 7 heteroatoms. The van der Waals surface area contributed by atoms with Gasteiger partial charge in [0, 0.05) is 51.9 Å². The zero-order chi connectivity index (χ0) is 21.9. The highest BCUT2D eigenvalue weighted by Crippen LogP contribution is 2.24. The molecule has 0 unspecified atom stereocenters. The molecule has 0 saturated carbocycles. The number of nitrogens with one attached hydrogen (secondary N) is 1. The van der Waals surface area contributed by atoms with Crippen molar-refractivity contribution in [2.75, 3.05) is 57.8 Å². The van der Waals surface area contributed by atoms with E-state index in [4.69, 9.17) is 4.98 Å². The lowest BCUT2D eigenvalue weighted by molar-refractivity contribution is 0.0485. The fourth-order valence-electron chi connectivity index (χ4n) is 4.82. The van der Waals surface area contributed by atoms with Crippen LogP contribution in [0, 0.1) is 0 Å². The first-order chi connectivity index (χ1) is 15.7. The number of aryl methyl sites for hydroxylation is 1. The monoisotopic (exact) mass is 432 g/mol. The number of fused-ring (bicyclic) bond motifs is 1. The van der Waals surface area contributed by atoms with Gasteiger partial charge in [0.25, 0.3) is 0 Å². The van der Waals surface area contributed by atoms with E-state index in [1.54, 1.807) is 4.57 Å². The molecule has 5 rings (SSSR count). The highest BCUT2D eigenvalue weighted by Gasteiger charge is 2.32. The maximum absolute atomic E-state index is 13.2. The predicted octanol–water partition coefficient (Wildman–Crippen LogP) is 2.66. The van der Waals surface area contributed by atoms with Gasteiger partial charge in [0.15, 0.2) is 0 Å². The largest absolute Gasteiger partial charge is 0.339 e. The Hall–Kier alpha value is -2.90. The lowest BCUT2D eigenvalue weighted by atomic mass is 10.1. The van der Waals surface area contributed by atoms with Crippen LogP contribution in [0.3, 0.4) is 0 Å². The number of benzene rings is 2. The summed E-state index contributed by atoms with van der Waals surface area (Å²) in [5, 5.41) is 3.12. The van der Waals surface area contributed by atoms with Crippen molar-refractivity contribution in [3.05, 3.63) is 60.2 Å². The summed E-state index contributed by atoms with van der Waals surface area (Å²) in [6, 6.07) is 18.9. The van der Waals surface area contributed by atoms with Gasteiger partial charge in [-0.3, -0.25) is 4.90 Å². The fourth-order valence-corrected chi connectivity index (χ4v) is 4.82. The van der Waals surface area contributed by atoms with Gasteiger partial charge in [-0.25, -0.2) is 14.3 Å². The molecular weight excluding hydrogens is 400 g/mol. The second kappa shape index (κ2) is 9.30. The molecule has 3 heterocycles. The third kappa shape index (κ3) is 4.36. The number of likely N-dealkylation sites (N-methyl/N-ethyl adjacent to an activating group) is 1. The smallest absolute Gasteiger partial charge is 0.328 e. The van der Waals surface area contributed by atoms with Crippen molar-refractivity contribution in [3.63, 3.8) is 0 Å². The van der Waals surface area contributed by atoms with Crippen LogP contribution >= 0.6 is 0 Å². The highest BCUT2D eigenvalue weighted by molar-refractivity contribution is 5.93. The molecular formula is C25H32N6O. The number of para-hydroxylation sites is 2. The first-order valence-corrected chi connectivity index (χ1v) is 11.7. The van der Waals surface area contributed by atoms with E-state index in [1.807, 2.05) is 30.3 Å². The Balaban J connectivity index is 1.26. The number of nitrogens with zero attached hydrogens (tertiary/aromatic N) is 5. The van der Waals surface area contributed by atoms with Crippen LogP contribution in [-0.2, 0) is 6.42 Å². The van der Waals surface area contributed by atoms with Crippen molar-refractivity contribution in [1.82, 2.24) is 24.7 Å². The van der Waals surface area contributed by atoms with E-state index in [2.05, 4.69) is 51.3 Å². The fraction of sp³-hybridized carbons (Fsp3) is 0.440. The number of likely N-dealkylation sites (tertiary alicyclic amines) is 1. The average molecular weight is 433 g/mol. The van der Waals surface area contributed by atoms with Crippen LogP contribution < -0.4 is 10.2 Å². The summed E-state index contributed by atoms with van der Waals surface area (Å²) in [6.45, 7) is 6.77. The Kier molecular flexibility index (Phi) is 6.10. The van der Waals surface area contributed by atoms with Crippen molar-refractivity contribution in [1.29, 1.82) is 0 Å². The van der Waals surface area contributed by atoms with E-state index in [0.29, 0.717) is 12.6 Å². The normalized spacial score (nSPS) is 18.1. The molecule has 0 aliphatic carbocycles. The molecule has 0 radical (unpaired) electrons. The summed E-state index contributed by atoms with van der Waals surface area (Å²) in [7, 11) is 2.17. The van der Waals surface area contributed by atoms with Crippen molar-refractivity contribution < 1.29 is 4.79 Å². The Morgan fingerprint density at radius 2 is 1.72 bits per heavy atom. The van der Waals surface area contributed by atoms with Crippen molar-refractivity contribution in [3.8, 4) is 0 Å². The third-order valence-corrected chi connectivity index (χ3v) is 6.67. The van der Waals surface area contributed by atoms with Gasteiger partial charge in [0.2, 0.25) is 5.95 Å². The van der Waals surface area contributed by atoms with Crippen LogP contribution in [0.25, 0.3) is 11.0 Å². The SMILES string of the molecule is CN1CC(N2CCN(c3nc4ccccc4n3C(=O)NCCCc3ccccc3)CC2)C1. The van der Waals surface area contributed by atoms with Crippen LogP contribution in [0.1, 0.15) is 12.0 Å². The van der Waals surface area contributed by atoms with Gasteiger partial charge in [-0.2, -0.15) is 0 Å². The Morgan fingerprint density at radius 3 is 2.47 bits per heavy atom. The lowest BCUT2D eigenvalue weighted by Gasteiger charge is -2.47. The van der Waals surface area contributed by atoms with Gasteiger partial charge in [0.05, 0.1) is 11.0 Å². The van der Waals surface area contributed by atoms with E-state index in [-0.39, 0.29) is 6.03 Å². The van der Waals surface area contributed by atoms with Crippen molar-refractivity contribution in [2.45, 2.75) is 18.9 Å². The van der Waals surface area contributed by atoms with Crippen LogP contribution in [-0.4, -0.2) is 84.3 Å². The topological polar surface area (TPSA) is 56.6 Å². The first-order valence-electron chi connectivity index (χ1n) is 11.7. The summed E-state index contributed by atoms with van der Waals surface area (Å²) in [5.41, 5.74) is 3.03. The molecule has 2 aromatic carbocycles. The lowest BCUT2D eigenvalue weighted by Crippen LogP contribution is -2.62. The Labute approximate surface area is 189 Å². The van der Waals surface area contributed by atoms with Gasteiger partial charge in [-0.05, 0) is 37.6 Å². The average Bonchev–Trinajstić information content (AvgIpc) is 3.20. The highest BCUT2D eigenvalue weighted by atomic mass is 16.2. The zero-order valence-electron chi connectivity index (χ0n) is 18.8. The first kappa shape index (κ1) is 21.0. The number of carbonyl (C=O) groups excluding carboxylic acids is 1. The van der Waals surface area contributed by atoms with Crippen LogP contribution in [0.2, 0.25) is 0 Å². The standard InChI is InChI=1S/C25H32N6O/c1-28-18-21(19-28)29-14-16-30(17-15-29)24-27-22-11-5-6-12-23(22)31(24)25(32)26-13-7-10-20-8-3-2-4-9-20/h2-6,8-9,11-12,21H,7,10,13-19H2,1H3,(H,26,32). The minimum Gasteiger partial charge on any atom is -0.339 e. The number of anilines is 1. The quantitative estimate of drug-likeness (QED) is 0.607. The molecule has 2 aliphatic heterocycles. The van der Waals surface area contributed by atoms with Gasteiger partial charge in [0.1, 0.15) is 0 Å².